The van der Waals surface area contributed by atoms with E-state index in [0.717, 1.165) is 42.7 Å². The fourth-order valence-electron chi connectivity index (χ4n) is 3.25. The summed E-state index contributed by atoms with van der Waals surface area (Å²) in [5.41, 5.74) is 3.70. The van der Waals surface area contributed by atoms with E-state index in [1.807, 2.05) is 6.92 Å². The summed E-state index contributed by atoms with van der Waals surface area (Å²) < 4.78 is 0. The third kappa shape index (κ3) is 4.75. The van der Waals surface area contributed by atoms with Crippen LogP contribution in [0, 0.1) is 20.8 Å². The van der Waals surface area contributed by atoms with E-state index < -0.39 is 0 Å². The molecule has 1 atom stereocenters. The maximum absolute atomic E-state index is 4.78. The van der Waals surface area contributed by atoms with Crippen molar-refractivity contribution in [3.63, 3.8) is 0 Å². The van der Waals surface area contributed by atoms with Gasteiger partial charge >= 0.3 is 0 Å². The van der Waals surface area contributed by atoms with Gasteiger partial charge in [0, 0.05) is 36.2 Å². The largest absolute Gasteiger partial charge is 0.369 e. The third-order valence-electron chi connectivity index (χ3n) is 4.65. The summed E-state index contributed by atoms with van der Waals surface area (Å²) >= 11 is 1.73. The molecule has 2 N–H and O–H groups in total. The zero-order valence-electron chi connectivity index (χ0n) is 16.2. The molecule has 1 saturated heterocycles. The molecule has 0 saturated carbocycles. The molecular weight excluding hydrogens is 342 g/mol. The Hall–Kier alpha value is -2.08. The Morgan fingerprint density at radius 3 is 2.69 bits per heavy atom. The molecule has 1 aromatic heterocycles. The van der Waals surface area contributed by atoms with Gasteiger partial charge in [-0.1, -0.05) is 17.7 Å². The summed E-state index contributed by atoms with van der Waals surface area (Å²) in [4.78, 5) is 13.0. The Morgan fingerprint density at radius 1 is 1.27 bits per heavy atom. The lowest BCUT2D eigenvalue weighted by Crippen LogP contribution is -2.44. The number of aryl methyl sites for hydroxylation is 3. The highest BCUT2D eigenvalue weighted by Gasteiger charge is 2.23. The van der Waals surface area contributed by atoms with Crippen LogP contribution in [-0.2, 0) is 6.54 Å². The second-order valence-corrected chi connectivity index (χ2v) is 8.14. The van der Waals surface area contributed by atoms with Crippen LogP contribution in [0.15, 0.2) is 29.3 Å². The maximum Gasteiger partial charge on any atom is 0.191 e. The monoisotopic (exact) mass is 371 g/mol. The standard InChI is InChI=1S/C20H29N5S/c1-5-21-20(22-12-19-15(3)23-16(4)26-19)24-17-10-11-25(13-17)18-8-6-14(2)7-9-18/h6-9,17H,5,10-13H2,1-4H3,(H2,21,22,24). The van der Waals surface area contributed by atoms with Gasteiger partial charge in [-0.25, -0.2) is 9.98 Å². The molecule has 1 fully saturated rings. The number of anilines is 1. The number of thiazole rings is 1. The molecule has 2 aromatic rings. The fraction of sp³-hybridized carbons (Fsp3) is 0.500. The first-order valence-electron chi connectivity index (χ1n) is 9.34. The zero-order chi connectivity index (χ0) is 18.5. The van der Waals surface area contributed by atoms with Gasteiger partial charge in [0.2, 0.25) is 0 Å². The molecule has 1 unspecified atom stereocenters. The molecule has 5 nitrogen and oxygen atoms in total. The molecule has 6 heteroatoms. The van der Waals surface area contributed by atoms with Crippen LogP contribution in [0.5, 0.6) is 0 Å². The number of aromatic nitrogens is 1. The summed E-state index contributed by atoms with van der Waals surface area (Å²) in [6, 6.07) is 9.21. The Bertz CT molecular complexity index is 750. The van der Waals surface area contributed by atoms with Crippen molar-refractivity contribution in [1.82, 2.24) is 15.6 Å². The first kappa shape index (κ1) is 18.7. The van der Waals surface area contributed by atoms with Crippen molar-refractivity contribution in [1.29, 1.82) is 0 Å². The highest BCUT2D eigenvalue weighted by atomic mass is 32.1. The molecular formula is C20H29N5S. The summed E-state index contributed by atoms with van der Waals surface area (Å²) in [6.07, 6.45) is 1.12. The summed E-state index contributed by atoms with van der Waals surface area (Å²) in [5.74, 6) is 0.897. The Labute approximate surface area is 160 Å². The lowest BCUT2D eigenvalue weighted by Gasteiger charge is -2.20. The number of hydrogen-bond acceptors (Lipinski definition) is 4. The van der Waals surface area contributed by atoms with Crippen LogP contribution >= 0.6 is 11.3 Å². The van der Waals surface area contributed by atoms with Gasteiger partial charge in [0.25, 0.3) is 0 Å². The van der Waals surface area contributed by atoms with E-state index in [0.29, 0.717) is 12.6 Å². The third-order valence-corrected chi connectivity index (χ3v) is 5.71. The quantitative estimate of drug-likeness (QED) is 0.625. The van der Waals surface area contributed by atoms with Gasteiger partial charge in [-0.15, -0.1) is 11.3 Å². The fourth-order valence-corrected chi connectivity index (χ4v) is 4.11. The van der Waals surface area contributed by atoms with Gasteiger partial charge in [0.15, 0.2) is 5.96 Å². The number of nitrogens with zero attached hydrogens (tertiary/aromatic N) is 3. The second-order valence-electron chi connectivity index (χ2n) is 6.85. The highest BCUT2D eigenvalue weighted by Crippen LogP contribution is 2.21. The smallest absolute Gasteiger partial charge is 0.191 e. The van der Waals surface area contributed by atoms with E-state index in [2.05, 4.69) is 65.6 Å². The minimum absolute atomic E-state index is 0.415. The van der Waals surface area contributed by atoms with Gasteiger partial charge in [-0.2, -0.15) is 0 Å². The minimum atomic E-state index is 0.415. The van der Waals surface area contributed by atoms with Crippen LogP contribution < -0.4 is 15.5 Å². The number of hydrogen-bond donors (Lipinski definition) is 2. The van der Waals surface area contributed by atoms with Crippen molar-refractivity contribution < 1.29 is 0 Å². The van der Waals surface area contributed by atoms with E-state index >= 15 is 0 Å². The Morgan fingerprint density at radius 2 is 2.04 bits per heavy atom. The summed E-state index contributed by atoms with van der Waals surface area (Å²) in [7, 11) is 0. The average molecular weight is 372 g/mol. The molecule has 0 radical (unpaired) electrons. The van der Waals surface area contributed by atoms with Crippen LogP contribution in [0.1, 0.15) is 34.5 Å². The average Bonchev–Trinajstić information content (AvgIpc) is 3.20. The van der Waals surface area contributed by atoms with Crippen LogP contribution in [0.3, 0.4) is 0 Å². The molecule has 3 rings (SSSR count). The highest BCUT2D eigenvalue weighted by molar-refractivity contribution is 7.11. The van der Waals surface area contributed by atoms with Crippen LogP contribution in [0.2, 0.25) is 0 Å². The number of benzene rings is 1. The number of rotatable bonds is 5. The second kappa shape index (κ2) is 8.54. The van der Waals surface area contributed by atoms with Crippen molar-refractivity contribution in [3.05, 3.63) is 45.4 Å². The molecule has 1 aromatic carbocycles. The number of aliphatic imine (C=N–C) groups is 1. The van der Waals surface area contributed by atoms with Gasteiger partial charge in [-0.3, -0.25) is 0 Å². The van der Waals surface area contributed by atoms with Crippen molar-refractivity contribution in [2.24, 2.45) is 4.99 Å². The van der Waals surface area contributed by atoms with Gasteiger partial charge in [-0.05, 0) is 46.2 Å². The van der Waals surface area contributed by atoms with E-state index in [1.54, 1.807) is 11.3 Å². The molecule has 140 valence electrons. The van der Waals surface area contributed by atoms with Crippen molar-refractivity contribution in [2.75, 3.05) is 24.5 Å². The van der Waals surface area contributed by atoms with Crippen molar-refractivity contribution >= 4 is 23.0 Å². The van der Waals surface area contributed by atoms with E-state index in [9.17, 15) is 0 Å². The van der Waals surface area contributed by atoms with Gasteiger partial charge in [0.05, 0.1) is 17.2 Å². The van der Waals surface area contributed by atoms with E-state index in [4.69, 9.17) is 4.99 Å². The summed E-state index contributed by atoms with van der Waals surface area (Å²) in [5, 5.41) is 8.09. The zero-order valence-corrected chi connectivity index (χ0v) is 17.0. The minimum Gasteiger partial charge on any atom is -0.369 e. The normalized spacial score (nSPS) is 17.6. The Kier molecular flexibility index (Phi) is 6.14. The molecule has 0 aliphatic carbocycles. The first-order chi connectivity index (χ1) is 12.5. The molecule has 0 spiro atoms. The van der Waals surface area contributed by atoms with Gasteiger partial charge < -0.3 is 15.5 Å². The van der Waals surface area contributed by atoms with Crippen LogP contribution in [-0.4, -0.2) is 36.6 Å². The molecule has 0 amide bonds. The van der Waals surface area contributed by atoms with E-state index in [1.165, 1.54) is 16.1 Å². The Balaban J connectivity index is 1.60. The lowest BCUT2D eigenvalue weighted by atomic mass is 10.2. The first-order valence-corrected chi connectivity index (χ1v) is 10.2. The maximum atomic E-state index is 4.78. The number of nitrogens with one attached hydrogen (secondary N) is 2. The SMILES string of the molecule is CCNC(=NCc1sc(C)nc1C)NC1CCN(c2ccc(C)cc2)C1. The van der Waals surface area contributed by atoms with Crippen molar-refractivity contribution in [3.8, 4) is 0 Å². The molecule has 0 bridgehead atoms. The van der Waals surface area contributed by atoms with Crippen LogP contribution in [0.4, 0.5) is 5.69 Å². The summed E-state index contributed by atoms with van der Waals surface area (Å²) in [6.45, 7) is 12.0. The molecule has 26 heavy (non-hydrogen) atoms. The van der Waals surface area contributed by atoms with Crippen molar-refractivity contribution in [2.45, 2.75) is 46.7 Å². The van der Waals surface area contributed by atoms with E-state index in [-0.39, 0.29) is 0 Å². The van der Waals surface area contributed by atoms with Crippen LogP contribution in [0.25, 0.3) is 0 Å². The molecule has 1 aliphatic rings. The molecule has 1 aliphatic heterocycles. The lowest BCUT2D eigenvalue weighted by molar-refractivity contribution is 0.649. The predicted octanol–water partition coefficient (Wildman–Crippen LogP) is 3.40. The molecule has 2 heterocycles. The number of guanidine groups is 1. The predicted molar refractivity (Wildman–Crippen MR) is 111 cm³/mol. The topological polar surface area (TPSA) is 52.6 Å². The van der Waals surface area contributed by atoms with Gasteiger partial charge in [0.1, 0.15) is 0 Å².